The fourth-order valence-electron chi connectivity index (χ4n) is 2.95. The topological polar surface area (TPSA) is 53.3 Å². The van der Waals surface area contributed by atoms with E-state index in [0.29, 0.717) is 0 Å². The Kier molecular flexibility index (Phi) is 4.58. The maximum absolute atomic E-state index is 11.2. The minimum Gasteiger partial charge on any atom is -0.372 e. The smallest absolute Gasteiger partial charge is 0.346 e. The molecule has 0 amide bonds. The molecule has 2 aromatic carbocycles. The number of hydrogen-bond acceptors (Lipinski definition) is 4. The van der Waals surface area contributed by atoms with Crippen molar-refractivity contribution >= 4 is 28.5 Å². The van der Waals surface area contributed by atoms with E-state index >= 15 is 0 Å². The van der Waals surface area contributed by atoms with Crippen LogP contribution in [-0.2, 0) is 9.53 Å². The summed E-state index contributed by atoms with van der Waals surface area (Å²) in [6.45, 7) is 2.26. The van der Waals surface area contributed by atoms with Crippen LogP contribution in [0.5, 0.6) is 0 Å². The van der Waals surface area contributed by atoms with Crippen LogP contribution >= 0.6 is 0 Å². The van der Waals surface area contributed by atoms with E-state index in [9.17, 15) is 4.79 Å². The molecule has 4 heteroatoms. The van der Waals surface area contributed by atoms with Gasteiger partial charge in [-0.3, -0.25) is 0 Å². The third kappa shape index (κ3) is 3.70. The number of rotatable bonds is 3. The summed E-state index contributed by atoms with van der Waals surface area (Å²) in [5.74, 6) is -0.659. The van der Waals surface area contributed by atoms with Crippen LogP contribution in [0.4, 0.5) is 5.69 Å². The van der Waals surface area contributed by atoms with Gasteiger partial charge in [-0.1, -0.05) is 18.2 Å². The number of ether oxygens (including phenoxy) is 1. The fourth-order valence-corrected chi connectivity index (χ4v) is 2.95. The Hall–Kier alpha value is -2.80. The van der Waals surface area contributed by atoms with Gasteiger partial charge in [-0.2, -0.15) is 0 Å². The highest BCUT2D eigenvalue weighted by atomic mass is 16.5. The number of benzene rings is 2. The largest absolute Gasteiger partial charge is 0.372 e. The maximum Gasteiger partial charge on any atom is 0.346 e. The summed E-state index contributed by atoms with van der Waals surface area (Å²) in [7, 11) is 0. The highest BCUT2D eigenvalue weighted by Gasteiger charge is 2.11. The molecule has 1 heterocycles. The summed E-state index contributed by atoms with van der Waals surface area (Å²) in [5, 5.41) is 10.6. The summed E-state index contributed by atoms with van der Waals surface area (Å²) in [4.78, 5) is 13.6. The predicted molar refractivity (Wildman–Crippen MR) is 90.8 cm³/mol. The average Bonchev–Trinajstić information content (AvgIpc) is 2.60. The van der Waals surface area contributed by atoms with E-state index in [2.05, 4.69) is 33.9 Å². The Balaban J connectivity index is 1.81. The third-order valence-electron chi connectivity index (χ3n) is 4.13. The summed E-state index contributed by atoms with van der Waals surface area (Å²) in [6, 6.07) is 12.5. The predicted octanol–water partition coefficient (Wildman–Crippen LogP) is 3.87. The first-order chi connectivity index (χ1) is 11.3. The zero-order valence-electron chi connectivity index (χ0n) is 12.9. The van der Waals surface area contributed by atoms with Gasteiger partial charge >= 0.3 is 5.97 Å². The van der Waals surface area contributed by atoms with Gasteiger partial charge in [-0.25, -0.2) is 4.79 Å². The molecule has 1 saturated heterocycles. The first kappa shape index (κ1) is 15.1. The minimum absolute atomic E-state index is 0.659. The Labute approximate surface area is 135 Å². The van der Waals surface area contributed by atoms with Crippen molar-refractivity contribution in [2.24, 2.45) is 0 Å². The second-order valence-corrected chi connectivity index (χ2v) is 5.68. The molecule has 0 radical (unpaired) electrons. The van der Waals surface area contributed by atoms with Crippen molar-refractivity contribution in [2.75, 3.05) is 18.0 Å². The molecule has 1 aliphatic heterocycles. The molecule has 4 nitrogen and oxygen atoms in total. The van der Waals surface area contributed by atoms with Gasteiger partial charge in [-0.15, -0.1) is 5.26 Å². The van der Waals surface area contributed by atoms with Gasteiger partial charge in [0.1, 0.15) is 0 Å². The summed E-state index contributed by atoms with van der Waals surface area (Å²) < 4.78 is 4.21. The molecule has 2 aromatic rings. The van der Waals surface area contributed by atoms with Gasteiger partial charge < -0.3 is 9.64 Å². The minimum atomic E-state index is -0.659. The lowest BCUT2D eigenvalue weighted by atomic mass is 10.0. The third-order valence-corrected chi connectivity index (χ3v) is 4.13. The van der Waals surface area contributed by atoms with Crippen LogP contribution in [0.1, 0.15) is 24.8 Å². The highest BCUT2D eigenvalue weighted by molar-refractivity contribution is 5.91. The summed E-state index contributed by atoms with van der Waals surface area (Å²) >= 11 is 0. The molecule has 0 unspecified atom stereocenters. The number of esters is 1. The van der Waals surface area contributed by atoms with Gasteiger partial charge in [-0.05, 0) is 59.9 Å². The molecular weight excluding hydrogens is 288 g/mol. The van der Waals surface area contributed by atoms with Gasteiger partial charge in [0.2, 0.25) is 0 Å². The Bertz CT molecular complexity index is 784. The molecule has 0 aliphatic carbocycles. The fraction of sp³-hybridized carbons (Fsp3) is 0.263. The number of piperidine rings is 1. The standard InChI is InChI=1S/C19H18N2O2/c20-14-23-19(22)9-5-15-4-6-17-13-18(8-7-16(17)12-15)21-10-2-1-3-11-21/h4-9,12-13H,1-3,10-11H2. The molecule has 0 bridgehead atoms. The van der Waals surface area contributed by atoms with E-state index < -0.39 is 5.97 Å². The number of hydrogen-bond donors (Lipinski definition) is 0. The molecule has 3 rings (SSSR count). The molecule has 0 N–H and O–H groups in total. The summed E-state index contributed by atoms with van der Waals surface area (Å²) in [5.41, 5.74) is 2.18. The Morgan fingerprint density at radius 3 is 2.61 bits per heavy atom. The normalized spacial score (nSPS) is 14.8. The van der Waals surface area contributed by atoms with Crippen molar-refractivity contribution in [3.05, 3.63) is 48.0 Å². The molecule has 0 aromatic heterocycles. The lowest BCUT2D eigenvalue weighted by molar-refractivity contribution is -0.131. The number of carbonyl (C=O) groups excluding carboxylic acids is 1. The van der Waals surface area contributed by atoms with E-state index in [4.69, 9.17) is 5.26 Å². The van der Waals surface area contributed by atoms with Crippen molar-refractivity contribution in [2.45, 2.75) is 19.3 Å². The molecule has 23 heavy (non-hydrogen) atoms. The average molecular weight is 306 g/mol. The number of fused-ring (bicyclic) bond motifs is 1. The van der Waals surface area contributed by atoms with Crippen LogP contribution in [0, 0.1) is 11.5 Å². The molecular formula is C19H18N2O2. The highest BCUT2D eigenvalue weighted by Crippen LogP contribution is 2.25. The summed E-state index contributed by atoms with van der Waals surface area (Å²) in [6.07, 6.45) is 8.13. The van der Waals surface area contributed by atoms with Crippen LogP contribution in [0.2, 0.25) is 0 Å². The van der Waals surface area contributed by atoms with Crippen LogP contribution in [0.25, 0.3) is 16.8 Å². The van der Waals surface area contributed by atoms with Gasteiger partial charge in [0.25, 0.3) is 6.26 Å². The van der Waals surface area contributed by atoms with E-state index in [1.807, 2.05) is 12.1 Å². The molecule has 1 aliphatic rings. The van der Waals surface area contributed by atoms with Crippen LogP contribution < -0.4 is 4.90 Å². The van der Waals surface area contributed by atoms with Crippen LogP contribution in [-0.4, -0.2) is 19.1 Å². The molecule has 0 spiro atoms. The Morgan fingerprint density at radius 1 is 1.09 bits per heavy atom. The zero-order valence-corrected chi connectivity index (χ0v) is 12.9. The molecule has 0 atom stereocenters. The maximum atomic E-state index is 11.2. The van der Waals surface area contributed by atoms with Crippen LogP contribution in [0.15, 0.2) is 42.5 Å². The van der Waals surface area contributed by atoms with Crippen molar-refractivity contribution < 1.29 is 9.53 Å². The number of anilines is 1. The molecule has 0 saturated carbocycles. The second-order valence-electron chi connectivity index (χ2n) is 5.68. The quantitative estimate of drug-likeness (QED) is 0.491. The second kappa shape index (κ2) is 6.97. The van der Waals surface area contributed by atoms with Crippen molar-refractivity contribution in [1.29, 1.82) is 5.26 Å². The van der Waals surface area contributed by atoms with E-state index in [0.717, 1.165) is 24.0 Å². The zero-order chi connectivity index (χ0) is 16.1. The van der Waals surface area contributed by atoms with E-state index in [-0.39, 0.29) is 0 Å². The number of carbonyl (C=O) groups is 1. The van der Waals surface area contributed by atoms with Gasteiger partial charge in [0.15, 0.2) is 0 Å². The van der Waals surface area contributed by atoms with Crippen LogP contribution in [0.3, 0.4) is 0 Å². The monoisotopic (exact) mass is 306 g/mol. The first-order valence-electron chi connectivity index (χ1n) is 7.83. The molecule has 116 valence electrons. The number of nitrogens with zero attached hydrogens (tertiary/aromatic N) is 2. The SMILES string of the molecule is N#COC(=O)C=Cc1ccc2cc(N3CCCCC3)ccc2c1. The molecule has 1 fully saturated rings. The lowest BCUT2D eigenvalue weighted by Crippen LogP contribution is -2.29. The van der Waals surface area contributed by atoms with Crippen molar-refractivity contribution in [1.82, 2.24) is 0 Å². The van der Waals surface area contributed by atoms with Crippen molar-refractivity contribution in [3.8, 4) is 6.26 Å². The van der Waals surface area contributed by atoms with Crippen molar-refractivity contribution in [3.63, 3.8) is 0 Å². The van der Waals surface area contributed by atoms with Gasteiger partial charge in [0.05, 0.1) is 0 Å². The number of nitriles is 1. The van der Waals surface area contributed by atoms with Gasteiger partial charge in [0, 0.05) is 24.9 Å². The van der Waals surface area contributed by atoms with E-state index in [1.54, 1.807) is 6.08 Å². The Morgan fingerprint density at radius 2 is 1.83 bits per heavy atom. The first-order valence-corrected chi connectivity index (χ1v) is 7.83. The van der Waals surface area contributed by atoms with E-state index in [1.165, 1.54) is 42.7 Å². The lowest BCUT2D eigenvalue weighted by Gasteiger charge is -2.29.